The Labute approximate surface area is 158 Å². The molecule has 142 valence electrons. The van der Waals surface area contributed by atoms with Gasteiger partial charge in [0.2, 0.25) is 0 Å². The summed E-state index contributed by atoms with van der Waals surface area (Å²) in [4.78, 5) is 0. The topological polar surface area (TPSA) is 30.5 Å². The van der Waals surface area contributed by atoms with Crippen molar-refractivity contribution in [3.05, 3.63) is 54.6 Å². The molecule has 0 saturated carbocycles. The van der Waals surface area contributed by atoms with Crippen LogP contribution in [0.25, 0.3) is 0 Å². The summed E-state index contributed by atoms with van der Waals surface area (Å²) in [5, 5.41) is 3.45. The van der Waals surface area contributed by atoms with Crippen LogP contribution in [0.4, 0.5) is 0 Å². The molecule has 0 heterocycles. The molecule has 0 fully saturated rings. The molecular weight excluding hydrogens is 322 g/mol. The van der Waals surface area contributed by atoms with E-state index >= 15 is 0 Å². The van der Waals surface area contributed by atoms with Gasteiger partial charge in [-0.2, -0.15) is 0 Å². The Balaban J connectivity index is 1.49. The fraction of sp³-hybridized carbons (Fsp3) is 0.478. The van der Waals surface area contributed by atoms with Gasteiger partial charge in [0.05, 0.1) is 0 Å². The maximum absolute atomic E-state index is 5.78. The standard InChI is InChI=1S/C23H33NO2/c1-2-3-4-5-6-7-11-18-24-19-20-25-21-14-16-23(17-15-21)26-22-12-9-8-10-13-22/h8-10,12-17,24H,2-7,11,18-20H2,1H3. The highest BCUT2D eigenvalue weighted by Gasteiger charge is 1.98. The van der Waals surface area contributed by atoms with Crippen LogP contribution < -0.4 is 14.8 Å². The van der Waals surface area contributed by atoms with Gasteiger partial charge in [0.15, 0.2) is 0 Å². The summed E-state index contributed by atoms with van der Waals surface area (Å²) in [5.74, 6) is 2.54. The van der Waals surface area contributed by atoms with Crippen molar-refractivity contribution in [3.63, 3.8) is 0 Å². The lowest BCUT2D eigenvalue weighted by Gasteiger charge is -2.09. The predicted octanol–water partition coefficient (Wildman–Crippen LogP) is 6.20. The highest BCUT2D eigenvalue weighted by molar-refractivity contribution is 5.35. The molecule has 2 aromatic carbocycles. The predicted molar refractivity (Wildman–Crippen MR) is 109 cm³/mol. The minimum atomic E-state index is 0.690. The SMILES string of the molecule is CCCCCCCCCNCCOc1ccc(Oc2ccccc2)cc1. The van der Waals surface area contributed by atoms with Crippen LogP contribution in [0.3, 0.4) is 0 Å². The molecule has 0 saturated heterocycles. The van der Waals surface area contributed by atoms with E-state index in [1.165, 1.54) is 44.9 Å². The van der Waals surface area contributed by atoms with Crippen LogP contribution in [0.15, 0.2) is 54.6 Å². The van der Waals surface area contributed by atoms with Crippen molar-refractivity contribution in [1.29, 1.82) is 0 Å². The van der Waals surface area contributed by atoms with Gasteiger partial charge in [-0.1, -0.05) is 63.6 Å². The van der Waals surface area contributed by atoms with Gasteiger partial charge in [0, 0.05) is 6.54 Å². The Morgan fingerprint density at radius 3 is 2.00 bits per heavy atom. The van der Waals surface area contributed by atoms with Crippen LogP contribution >= 0.6 is 0 Å². The van der Waals surface area contributed by atoms with Crippen molar-refractivity contribution in [3.8, 4) is 17.2 Å². The van der Waals surface area contributed by atoms with Gasteiger partial charge in [-0.05, 0) is 49.4 Å². The van der Waals surface area contributed by atoms with Crippen molar-refractivity contribution in [2.45, 2.75) is 51.9 Å². The molecule has 1 N–H and O–H groups in total. The first-order chi connectivity index (χ1) is 12.9. The maximum atomic E-state index is 5.78. The Kier molecular flexibility index (Phi) is 10.3. The fourth-order valence-electron chi connectivity index (χ4n) is 2.80. The van der Waals surface area contributed by atoms with E-state index in [0.717, 1.165) is 30.3 Å². The molecule has 0 spiro atoms. The molecule has 0 bridgehead atoms. The Hall–Kier alpha value is -2.00. The second kappa shape index (κ2) is 13.2. The van der Waals surface area contributed by atoms with E-state index in [9.17, 15) is 0 Å². The summed E-state index contributed by atoms with van der Waals surface area (Å²) in [6.45, 7) is 4.92. The molecule has 0 aliphatic carbocycles. The zero-order valence-electron chi connectivity index (χ0n) is 16.1. The summed E-state index contributed by atoms with van der Waals surface area (Å²) in [5.41, 5.74) is 0. The molecule has 26 heavy (non-hydrogen) atoms. The van der Waals surface area contributed by atoms with Crippen molar-refractivity contribution < 1.29 is 9.47 Å². The van der Waals surface area contributed by atoms with Crippen molar-refractivity contribution in [1.82, 2.24) is 5.32 Å². The van der Waals surface area contributed by atoms with E-state index in [4.69, 9.17) is 9.47 Å². The summed E-state index contributed by atoms with van der Waals surface area (Å²) in [6, 6.07) is 17.6. The number of benzene rings is 2. The van der Waals surface area contributed by atoms with Gasteiger partial charge in [0.1, 0.15) is 23.9 Å². The first kappa shape index (κ1) is 20.3. The number of rotatable bonds is 14. The van der Waals surface area contributed by atoms with E-state index in [1.807, 2.05) is 54.6 Å². The van der Waals surface area contributed by atoms with Crippen LogP contribution in [-0.2, 0) is 0 Å². The molecule has 3 heteroatoms. The molecule has 2 rings (SSSR count). The Morgan fingerprint density at radius 2 is 1.27 bits per heavy atom. The average molecular weight is 356 g/mol. The van der Waals surface area contributed by atoms with Crippen LogP contribution in [0.2, 0.25) is 0 Å². The summed E-state index contributed by atoms with van der Waals surface area (Å²) >= 11 is 0. The van der Waals surface area contributed by atoms with Crippen LogP contribution in [0.5, 0.6) is 17.2 Å². The van der Waals surface area contributed by atoms with Gasteiger partial charge < -0.3 is 14.8 Å². The number of unbranched alkanes of at least 4 members (excludes halogenated alkanes) is 6. The lowest BCUT2D eigenvalue weighted by Crippen LogP contribution is -2.22. The quantitative estimate of drug-likeness (QED) is 0.409. The molecule has 0 aliphatic rings. The third kappa shape index (κ3) is 8.91. The van der Waals surface area contributed by atoms with E-state index in [2.05, 4.69) is 12.2 Å². The average Bonchev–Trinajstić information content (AvgIpc) is 2.68. The zero-order chi connectivity index (χ0) is 18.3. The van der Waals surface area contributed by atoms with E-state index < -0.39 is 0 Å². The summed E-state index contributed by atoms with van der Waals surface area (Å²) < 4.78 is 11.5. The first-order valence-electron chi connectivity index (χ1n) is 10.0. The van der Waals surface area contributed by atoms with Crippen molar-refractivity contribution >= 4 is 0 Å². The molecule has 0 radical (unpaired) electrons. The van der Waals surface area contributed by atoms with E-state index in [-0.39, 0.29) is 0 Å². The van der Waals surface area contributed by atoms with Gasteiger partial charge >= 0.3 is 0 Å². The van der Waals surface area contributed by atoms with Gasteiger partial charge in [-0.25, -0.2) is 0 Å². The highest BCUT2D eigenvalue weighted by atomic mass is 16.5. The van der Waals surface area contributed by atoms with Crippen molar-refractivity contribution in [2.75, 3.05) is 19.7 Å². The second-order valence-electron chi connectivity index (χ2n) is 6.61. The van der Waals surface area contributed by atoms with Gasteiger partial charge in [-0.15, -0.1) is 0 Å². The molecule has 3 nitrogen and oxygen atoms in total. The minimum Gasteiger partial charge on any atom is -0.492 e. The fourth-order valence-corrected chi connectivity index (χ4v) is 2.80. The van der Waals surface area contributed by atoms with Gasteiger partial charge in [-0.3, -0.25) is 0 Å². The minimum absolute atomic E-state index is 0.690. The molecule has 0 unspecified atom stereocenters. The molecular formula is C23H33NO2. The zero-order valence-corrected chi connectivity index (χ0v) is 16.1. The number of hydrogen-bond donors (Lipinski definition) is 1. The van der Waals surface area contributed by atoms with E-state index in [0.29, 0.717) is 6.61 Å². The third-order valence-electron chi connectivity index (χ3n) is 4.31. The van der Waals surface area contributed by atoms with E-state index in [1.54, 1.807) is 0 Å². The van der Waals surface area contributed by atoms with Crippen molar-refractivity contribution in [2.24, 2.45) is 0 Å². The third-order valence-corrected chi connectivity index (χ3v) is 4.31. The van der Waals surface area contributed by atoms with Gasteiger partial charge in [0.25, 0.3) is 0 Å². The summed E-state index contributed by atoms with van der Waals surface area (Å²) in [6.07, 6.45) is 9.46. The van der Waals surface area contributed by atoms with Crippen LogP contribution in [0, 0.1) is 0 Å². The lowest BCUT2D eigenvalue weighted by molar-refractivity contribution is 0.313. The molecule has 2 aromatic rings. The smallest absolute Gasteiger partial charge is 0.127 e. The Morgan fingerprint density at radius 1 is 0.654 bits per heavy atom. The number of ether oxygens (including phenoxy) is 2. The Bertz CT molecular complexity index is 569. The normalized spacial score (nSPS) is 10.7. The maximum Gasteiger partial charge on any atom is 0.127 e. The van der Waals surface area contributed by atoms with Crippen LogP contribution in [-0.4, -0.2) is 19.7 Å². The molecule has 0 amide bonds. The lowest BCUT2D eigenvalue weighted by atomic mass is 10.1. The molecule has 0 aromatic heterocycles. The molecule has 0 atom stereocenters. The highest BCUT2D eigenvalue weighted by Crippen LogP contribution is 2.23. The number of para-hydroxylation sites is 1. The first-order valence-corrected chi connectivity index (χ1v) is 10.0. The summed E-state index contributed by atoms with van der Waals surface area (Å²) in [7, 11) is 0. The van der Waals surface area contributed by atoms with Crippen LogP contribution in [0.1, 0.15) is 51.9 Å². The molecule has 0 aliphatic heterocycles. The largest absolute Gasteiger partial charge is 0.492 e. The number of hydrogen-bond acceptors (Lipinski definition) is 3. The second-order valence-corrected chi connectivity index (χ2v) is 6.61. The monoisotopic (exact) mass is 355 g/mol. The number of nitrogens with one attached hydrogen (secondary N) is 1.